The molecule has 0 unspecified atom stereocenters. The predicted molar refractivity (Wildman–Crippen MR) is 70.8 cm³/mol. The first-order valence-electron chi connectivity index (χ1n) is 6.60. The quantitative estimate of drug-likeness (QED) is 0.689. The molecule has 108 valence electrons. The van der Waals surface area contributed by atoms with Crippen molar-refractivity contribution in [2.24, 2.45) is 10.6 Å². The third-order valence-electron chi connectivity index (χ3n) is 3.30. The Hall–Kier alpha value is -0.170. The lowest BCUT2D eigenvalue weighted by Crippen LogP contribution is -2.43. The molecule has 18 heavy (non-hydrogen) atoms. The van der Waals surface area contributed by atoms with Crippen molar-refractivity contribution >= 4 is 10.0 Å². The van der Waals surface area contributed by atoms with Crippen LogP contribution >= 0.6 is 0 Å². The van der Waals surface area contributed by atoms with Gasteiger partial charge in [0.2, 0.25) is 10.0 Å². The third kappa shape index (κ3) is 5.22. The van der Waals surface area contributed by atoms with Gasteiger partial charge in [-0.05, 0) is 12.8 Å². The highest BCUT2D eigenvalue weighted by atomic mass is 32.2. The smallest absolute Gasteiger partial charge is 0.209 e. The first-order valence-corrected chi connectivity index (χ1v) is 8.32. The average Bonchev–Trinajstić information content (AvgIpc) is 2.13. The molecule has 0 saturated carbocycles. The van der Waals surface area contributed by atoms with Gasteiger partial charge in [0, 0.05) is 5.41 Å². The normalized spacial score (nSPS) is 17.7. The summed E-state index contributed by atoms with van der Waals surface area (Å²) in [6, 6.07) is 0. The summed E-state index contributed by atoms with van der Waals surface area (Å²) in [5, 5.41) is 5.23. The summed E-state index contributed by atoms with van der Waals surface area (Å²) in [5.41, 5.74) is -0.341. The van der Waals surface area contributed by atoms with E-state index in [1.165, 1.54) is 0 Å². The molecule has 0 bridgehead atoms. The summed E-state index contributed by atoms with van der Waals surface area (Å²) < 4.78 is 33.6. The minimum absolute atomic E-state index is 0.00918. The topological polar surface area (TPSA) is 78.6 Å². The molecule has 1 aliphatic heterocycles. The second-order valence-electron chi connectivity index (χ2n) is 5.28. The van der Waals surface area contributed by atoms with E-state index < -0.39 is 10.0 Å². The van der Waals surface area contributed by atoms with Crippen molar-refractivity contribution in [3.8, 4) is 0 Å². The molecule has 2 N–H and O–H groups in total. The van der Waals surface area contributed by atoms with Crippen LogP contribution < -0.4 is 5.14 Å². The van der Waals surface area contributed by atoms with Crippen LogP contribution in [-0.4, -0.2) is 40.1 Å². The van der Waals surface area contributed by atoms with Gasteiger partial charge in [-0.25, -0.2) is 13.6 Å². The van der Waals surface area contributed by atoms with Crippen LogP contribution in [0, 0.1) is 5.41 Å². The lowest BCUT2D eigenvalue weighted by atomic mass is 9.82. The Morgan fingerprint density at radius 2 is 1.83 bits per heavy atom. The lowest BCUT2D eigenvalue weighted by molar-refractivity contribution is -0.146. The van der Waals surface area contributed by atoms with E-state index in [9.17, 15) is 8.42 Å². The van der Waals surface area contributed by atoms with Crippen LogP contribution in [0.1, 0.15) is 39.5 Å². The summed E-state index contributed by atoms with van der Waals surface area (Å²) in [5.74, 6) is 0.00918. The monoisotopic (exact) mass is 279 g/mol. The molecule has 0 aliphatic carbocycles. The Morgan fingerprint density at radius 1 is 1.28 bits per heavy atom. The van der Waals surface area contributed by atoms with Gasteiger partial charge in [0.1, 0.15) is 6.10 Å². The maximum Gasteiger partial charge on any atom is 0.209 e. The highest BCUT2D eigenvalue weighted by Crippen LogP contribution is 2.32. The van der Waals surface area contributed by atoms with Gasteiger partial charge in [0.25, 0.3) is 0 Å². The molecule has 0 spiro atoms. The molecule has 0 aromatic rings. The van der Waals surface area contributed by atoms with Crippen molar-refractivity contribution in [3.63, 3.8) is 0 Å². The Kier molecular flexibility index (Phi) is 6.04. The molecule has 1 fully saturated rings. The number of rotatable bonds is 9. The Morgan fingerprint density at radius 3 is 2.17 bits per heavy atom. The van der Waals surface area contributed by atoms with Crippen LogP contribution in [0.3, 0.4) is 0 Å². The first-order chi connectivity index (χ1) is 8.41. The van der Waals surface area contributed by atoms with E-state index >= 15 is 0 Å². The molecule has 1 heterocycles. The van der Waals surface area contributed by atoms with Crippen molar-refractivity contribution in [1.29, 1.82) is 0 Å². The number of hydrogen-bond acceptors (Lipinski definition) is 4. The molecule has 1 saturated heterocycles. The van der Waals surface area contributed by atoms with Crippen molar-refractivity contribution < 1.29 is 17.9 Å². The maximum atomic E-state index is 11.4. The molecule has 1 aliphatic rings. The van der Waals surface area contributed by atoms with E-state index in [1.807, 2.05) is 0 Å². The van der Waals surface area contributed by atoms with E-state index in [2.05, 4.69) is 13.8 Å². The molecular weight excluding hydrogens is 254 g/mol. The molecule has 0 atom stereocenters. The zero-order chi connectivity index (χ0) is 13.6. The molecule has 0 aromatic heterocycles. The number of ether oxygens (including phenoxy) is 2. The van der Waals surface area contributed by atoms with Crippen molar-refractivity contribution in [3.05, 3.63) is 0 Å². The van der Waals surface area contributed by atoms with Gasteiger partial charge in [-0.15, -0.1) is 0 Å². The molecule has 0 radical (unpaired) electrons. The minimum Gasteiger partial charge on any atom is -0.376 e. The summed E-state index contributed by atoms with van der Waals surface area (Å²) in [6.45, 7) is 5.80. The van der Waals surface area contributed by atoms with Crippen LogP contribution in [0.4, 0.5) is 0 Å². The second-order valence-corrected chi connectivity index (χ2v) is 6.89. The van der Waals surface area contributed by atoms with Gasteiger partial charge in [-0.3, -0.25) is 0 Å². The van der Waals surface area contributed by atoms with E-state index in [0.717, 1.165) is 25.7 Å². The molecular formula is C12H25NO4S. The van der Waals surface area contributed by atoms with Gasteiger partial charge < -0.3 is 9.47 Å². The fraction of sp³-hybridized carbons (Fsp3) is 1.00. The first kappa shape index (κ1) is 15.9. The summed E-state index contributed by atoms with van der Waals surface area (Å²) in [4.78, 5) is 0. The molecule has 1 rings (SSSR count). The standard InChI is InChI=1S/C12H25NO4S/c1-3-5-12(6-4-2,10-18(13,14)15)9-17-11-7-16-8-11/h11H,3-10H2,1-2H3,(H2,13,14,15). The third-order valence-corrected chi connectivity index (χ3v) is 4.32. The number of primary sulfonamides is 1. The maximum absolute atomic E-state index is 11.4. The zero-order valence-electron chi connectivity index (χ0n) is 11.4. The number of nitrogens with two attached hydrogens (primary N) is 1. The van der Waals surface area contributed by atoms with Crippen molar-refractivity contribution in [1.82, 2.24) is 0 Å². The SMILES string of the molecule is CCCC(CCC)(COC1COC1)CS(N)(=O)=O. The van der Waals surface area contributed by atoms with Crippen LogP contribution in [0.5, 0.6) is 0 Å². The Balaban J connectivity index is 2.67. The molecule has 5 nitrogen and oxygen atoms in total. The van der Waals surface area contributed by atoms with Gasteiger partial charge >= 0.3 is 0 Å². The predicted octanol–water partition coefficient (Wildman–Crippen LogP) is 1.28. The minimum atomic E-state index is -3.47. The van der Waals surface area contributed by atoms with E-state index in [0.29, 0.717) is 19.8 Å². The van der Waals surface area contributed by atoms with Gasteiger partial charge in [0.05, 0.1) is 25.6 Å². The van der Waals surface area contributed by atoms with Crippen LogP contribution in [-0.2, 0) is 19.5 Å². The average molecular weight is 279 g/mol. The van der Waals surface area contributed by atoms with Gasteiger partial charge in [0.15, 0.2) is 0 Å². The highest BCUT2D eigenvalue weighted by Gasteiger charge is 2.35. The Bertz CT molecular complexity index is 332. The van der Waals surface area contributed by atoms with Gasteiger partial charge in [-0.1, -0.05) is 26.7 Å². The van der Waals surface area contributed by atoms with Crippen molar-refractivity contribution in [2.45, 2.75) is 45.6 Å². The zero-order valence-corrected chi connectivity index (χ0v) is 12.2. The summed E-state index contributed by atoms with van der Waals surface area (Å²) >= 11 is 0. The van der Waals surface area contributed by atoms with E-state index in [4.69, 9.17) is 14.6 Å². The van der Waals surface area contributed by atoms with E-state index in [1.54, 1.807) is 0 Å². The highest BCUT2D eigenvalue weighted by molar-refractivity contribution is 7.89. The largest absolute Gasteiger partial charge is 0.376 e. The van der Waals surface area contributed by atoms with Crippen LogP contribution in [0.15, 0.2) is 0 Å². The van der Waals surface area contributed by atoms with Crippen LogP contribution in [0.2, 0.25) is 0 Å². The summed E-state index contributed by atoms with van der Waals surface area (Å²) in [7, 11) is -3.47. The number of sulfonamides is 1. The van der Waals surface area contributed by atoms with Crippen molar-refractivity contribution in [2.75, 3.05) is 25.6 Å². The van der Waals surface area contributed by atoms with E-state index in [-0.39, 0.29) is 17.3 Å². The fourth-order valence-corrected chi connectivity index (χ4v) is 3.77. The Labute approximate surface area is 110 Å². The number of hydrogen-bond donors (Lipinski definition) is 1. The second kappa shape index (κ2) is 6.84. The van der Waals surface area contributed by atoms with Gasteiger partial charge in [-0.2, -0.15) is 0 Å². The fourth-order valence-electron chi connectivity index (χ4n) is 2.55. The van der Waals surface area contributed by atoms with Crippen LogP contribution in [0.25, 0.3) is 0 Å². The molecule has 0 amide bonds. The summed E-state index contributed by atoms with van der Waals surface area (Å²) in [6.07, 6.45) is 3.63. The molecule has 0 aromatic carbocycles. The molecule has 6 heteroatoms. The lowest BCUT2D eigenvalue weighted by Gasteiger charge is -2.36.